The first kappa shape index (κ1) is 13.6. The molecule has 6 heteroatoms. The van der Waals surface area contributed by atoms with E-state index < -0.39 is 0 Å². The third kappa shape index (κ3) is 2.76. The largest absolute Gasteiger partial charge is 0.393 e. The first-order valence-corrected chi connectivity index (χ1v) is 7.33. The molecule has 5 nitrogen and oxygen atoms in total. The lowest BCUT2D eigenvalue weighted by molar-refractivity contribution is 0.139. The molecule has 1 aromatic rings. The normalized spacial score (nSPS) is 27.4. The molecular weight excluding hydrogens is 250 g/mol. The summed E-state index contributed by atoms with van der Waals surface area (Å²) >= 11 is 1.47. The van der Waals surface area contributed by atoms with Gasteiger partial charge in [-0.05, 0) is 19.1 Å². The highest BCUT2D eigenvalue weighted by atomic mass is 32.2. The summed E-state index contributed by atoms with van der Waals surface area (Å²) in [4.78, 5) is 8.52. The number of anilines is 1. The molecule has 3 N–H and O–H groups in total. The molecule has 3 atom stereocenters. The Morgan fingerprint density at radius 2 is 2.28 bits per heavy atom. The van der Waals surface area contributed by atoms with Gasteiger partial charge in [-0.25, -0.2) is 9.97 Å². The molecule has 0 aromatic carbocycles. The van der Waals surface area contributed by atoms with Gasteiger partial charge in [0.1, 0.15) is 5.82 Å². The number of aliphatic hydroxyl groups excluding tert-OH is 2. The van der Waals surface area contributed by atoms with Gasteiger partial charge in [-0.2, -0.15) is 0 Å². The molecular formula is C12H19N3O2S. The van der Waals surface area contributed by atoms with Crippen LogP contribution in [0.15, 0.2) is 11.4 Å². The van der Waals surface area contributed by atoms with Crippen LogP contribution in [0.2, 0.25) is 0 Å². The predicted molar refractivity (Wildman–Crippen MR) is 71.6 cm³/mol. The van der Waals surface area contributed by atoms with Gasteiger partial charge in [0.15, 0.2) is 5.16 Å². The Kier molecular flexibility index (Phi) is 4.42. The molecule has 0 amide bonds. The SMILES string of the molecule is CSc1ncc(CO)c(NC2CCC(O)C2C)n1. The second-order valence-electron chi connectivity index (χ2n) is 4.64. The van der Waals surface area contributed by atoms with Crippen LogP contribution >= 0.6 is 11.8 Å². The molecule has 2 rings (SSSR count). The topological polar surface area (TPSA) is 78.3 Å². The number of nitrogens with zero attached hydrogens (tertiary/aromatic N) is 2. The quantitative estimate of drug-likeness (QED) is 0.564. The molecule has 1 aliphatic rings. The lowest BCUT2D eigenvalue weighted by Gasteiger charge is -2.21. The second-order valence-corrected chi connectivity index (χ2v) is 5.42. The lowest BCUT2D eigenvalue weighted by Crippen LogP contribution is -2.27. The van der Waals surface area contributed by atoms with Gasteiger partial charge in [-0.15, -0.1) is 0 Å². The van der Waals surface area contributed by atoms with Crippen LogP contribution in [0.4, 0.5) is 5.82 Å². The van der Waals surface area contributed by atoms with Crippen LogP contribution in [-0.4, -0.2) is 38.6 Å². The van der Waals surface area contributed by atoms with Gasteiger partial charge in [0.05, 0.1) is 12.7 Å². The minimum absolute atomic E-state index is 0.0827. The molecule has 1 fully saturated rings. The number of hydrogen-bond acceptors (Lipinski definition) is 6. The van der Waals surface area contributed by atoms with Crippen LogP contribution in [0.5, 0.6) is 0 Å². The fourth-order valence-electron chi connectivity index (χ4n) is 2.25. The van der Waals surface area contributed by atoms with Gasteiger partial charge in [0.25, 0.3) is 0 Å². The maximum atomic E-state index is 9.75. The monoisotopic (exact) mass is 269 g/mol. The molecule has 0 aliphatic heterocycles. The molecule has 1 heterocycles. The fourth-order valence-corrected chi connectivity index (χ4v) is 2.59. The van der Waals surface area contributed by atoms with Crippen molar-refractivity contribution in [2.75, 3.05) is 11.6 Å². The van der Waals surface area contributed by atoms with E-state index in [0.29, 0.717) is 16.5 Å². The number of nitrogens with one attached hydrogen (secondary N) is 1. The summed E-state index contributed by atoms with van der Waals surface area (Å²) in [6.07, 6.45) is 5.05. The van der Waals surface area contributed by atoms with Crippen LogP contribution in [-0.2, 0) is 6.61 Å². The van der Waals surface area contributed by atoms with Crippen molar-refractivity contribution in [3.8, 4) is 0 Å². The van der Waals surface area contributed by atoms with Crippen molar-refractivity contribution in [3.63, 3.8) is 0 Å². The average Bonchev–Trinajstić information content (AvgIpc) is 2.70. The van der Waals surface area contributed by atoms with Gasteiger partial charge in [-0.1, -0.05) is 18.7 Å². The molecule has 1 aliphatic carbocycles. The van der Waals surface area contributed by atoms with E-state index in [-0.39, 0.29) is 24.7 Å². The minimum atomic E-state index is -0.248. The third-order valence-electron chi connectivity index (χ3n) is 3.53. The maximum Gasteiger partial charge on any atom is 0.189 e. The fraction of sp³-hybridized carbons (Fsp3) is 0.667. The Morgan fingerprint density at radius 1 is 1.50 bits per heavy atom. The Balaban J connectivity index is 2.17. The van der Waals surface area contributed by atoms with Crippen molar-refractivity contribution in [3.05, 3.63) is 11.8 Å². The molecule has 0 radical (unpaired) electrons. The average molecular weight is 269 g/mol. The van der Waals surface area contributed by atoms with E-state index in [9.17, 15) is 10.2 Å². The summed E-state index contributed by atoms with van der Waals surface area (Å²) < 4.78 is 0. The van der Waals surface area contributed by atoms with E-state index in [1.54, 1.807) is 6.20 Å². The molecule has 0 saturated heterocycles. The first-order valence-electron chi connectivity index (χ1n) is 6.11. The van der Waals surface area contributed by atoms with Crippen molar-refractivity contribution in [2.24, 2.45) is 5.92 Å². The number of aliphatic hydroxyl groups is 2. The standard InChI is InChI=1S/C12H19N3O2S/c1-7-9(3-4-10(7)17)14-11-8(6-16)5-13-12(15-11)18-2/h5,7,9-10,16-17H,3-4,6H2,1-2H3,(H,13,14,15). The van der Waals surface area contributed by atoms with Crippen LogP contribution in [0, 0.1) is 5.92 Å². The summed E-state index contributed by atoms with van der Waals surface area (Å²) in [5, 5.41) is 23.1. The van der Waals surface area contributed by atoms with Gasteiger partial charge >= 0.3 is 0 Å². The maximum absolute atomic E-state index is 9.75. The van der Waals surface area contributed by atoms with E-state index >= 15 is 0 Å². The molecule has 0 bridgehead atoms. The summed E-state index contributed by atoms with van der Waals surface area (Å²) in [6, 6.07) is 0.204. The number of thioether (sulfide) groups is 1. The Labute approximate surface area is 111 Å². The Bertz CT molecular complexity index is 416. The van der Waals surface area contributed by atoms with Crippen molar-refractivity contribution >= 4 is 17.6 Å². The van der Waals surface area contributed by atoms with E-state index in [1.807, 2.05) is 13.2 Å². The highest BCUT2D eigenvalue weighted by Gasteiger charge is 2.31. The van der Waals surface area contributed by atoms with Crippen molar-refractivity contribution in [1.29, 1.82) is 0 Å². The highest BCUT2D eigenvalue weighted by molar-refractivity contribution is 7.98. The molecule has 1 aromatic heterocycles. The molecule has 100 valence electrons. The second kappa shape index (κ2) is 5.86. The van der Waals surface area contributed by atoms with Crippen LogP contribution in [0.1, 0.15) is 25.3 Å². The summed E-state index contributed by atoms with van der Waals surface area (Å²) in [6.45, 7) is 1.95. The van der Waals surface area contributed by atoms with Gasteiger partial charge < -0.3 is 15.5 Å². The molecule has 0 spiro atoms. The number of rotatable bonds is 4. The predicted octanol–water partition coefficient (Wildman–Crippen LogP) is 1.26. The zero-order chi connectivity index (χ0) is 13.1. The zero-order valence-electron chi connectivity index (χ0n) is 10.6. The summed E-state index contributed by atoms with van der Waals surface area (Å²) in [5.74, 6) is 0.882. The van der Waals surface area contributed by atoms with Gasteiger partial charge in [0.2, 0.25) is 0 Å². The summed E-state index contributed by atoms with van der Waals surface area (Å²) in [7, 11) is 0. The van der Waals surface area contributed by atoms with E-state index in [4.69, 9.17) is 0 Å². The minimum Gasteiger partial charge on any atom is -0.393 e. The van der Waals surface area contributed by atoms with Gasteiger partial charge in [0, 0.05) is 23.7 Å². The van der Waals surface area contributed by atoms with Gasteiger partial charge in [-0.3, -0.25) is 0 Å². The van der Waals surface area contributed by atoms with Crippen molar-refractivity contribution in [2.45, 2.75) is 43.7 Å². The van der Waals surface area contributed by atoms with E-state index in [1.165, 1.54) is 11.8 Å². The first-order chi connectivity index (χ1) is 8.65. The van der Waals surface area contributed by atoms with Crippen molar-refractivity contribution in [1.82, 2.24) is 9.97 Å². The number of hydrogen-bond donors (Lipinski definition) is 3. The summed E-state index contributed by atoms with van der Waals surface area (Å²) in [5.41, 5.74) is 0.696. The lowest BCUT2D eigenvalue weighted by atomic mass is 10.0. The zero-order valence-corrected chi connectivity index (χ0v) is 11.4. The van der Waals surface area contributed by atoms with Crippen LogP contribution in [0.25, 0.3) is 0 Å². The molecule has 1 saturated carbocycles. The van der Waals surface area contributed by atoms with Crippen molar-refractivity contribution < 1.29 is 10.2 Å². The third-order valence-corrected chi connectivity index (χ3v) is 4.09. The van der Waals surface area contributed by atoms with Crippen LogP contribution in [0.3, 0.4) is 0 Å². The molecule has 18 heavy (non-hydrogen) atoms. The Hall–Kier alpha value is -0.850. The van der Waals surface area contributed by atoms with E-state index in [2.05, 4.69) is 15.3 Å². The van der Waals surface area contributed by atoms with E-state index in [0.717, 1.165) is 12.8 Å². The number of aromatic nitrogens is 2. The van der Waals surface area contributed by atoms with Crippen LogP contribution < -0.4 is 5.32 Å². The molecule has 3 unspecified atom stereocenters. The smallest absolute Gasteiger partial charge is 0.189 e. The highest BCUT2D eigenvalue weighted by Crippen LogP contribution is 2.29. The Morgan fingerprint density at radius 3 is 2.83 bits per heavy atom.